The van der Waals surface area contributed by atoms with Crippen molar-refractivity contribution in [2.75, 3.05) is 42.1 Å². The zero-order valence-electron chi connectivity index (χ0n) is 20.4. The van der Waals surface area contributed by atoms with E-state index in [0.717, 1.165) is 11.6 Å². The summed E-state index contributed by atoms with van der Waals surface area (Å²) < 4.78 is 10.5. The van der Waals surface area contributed by atoms with Gasteiger partial charge in [-0.25, -0.2) is 20.7 Å². The van der Waals surface area contributed by atoms with E-state index in [1.165, 1.54) is 32.5 Å². The summed E-state index contributed by atoms with van der Waals surface area (Å²) in [6.07, 6.45) is 2.44. The molecule has 37 heavy (non-hydrogen) atoms. The number of benzene rings is 2. The molecule has 0 aliphatic carbocycles. The maximum absolute atomic E-state index is 13.0. The molecule has 0 bridgehead atoms. The largest absolute Gasteiger partial charge is 0.497 e. The van der Waals surface area contributed by atoms with Crippen molar-refractivity contribution in [2.45, 2.75) is 6.61 Å². The van der Waals surface area contributed by atoms with Crippen molar-refractivity contribution in [3.63, 3.8) is 0 Å². The second-order valence-electron chi connectivity index (χ2n) is 7.45. The molecule has 0 saturated carbocycles. The van der Waals surface area contributed by atoms with Crippen LogP contribution in [0.5, 0.6) is 11.5 Å². The lowest BCUT2D eigenvalue weighted by Crippen LogP contribution is -2.32. The van der Waals surface area contributed by atoms with Crippen LogP contribution in [0.25, 0.3) is 0 Å². The van der Waals surface area contributed by atoms with Gasteiger partial charge in [-0.05, 0) is 23.8 Å². The van der Waals surface area contributed by atoms with Gasteiger partial charge in [0.15, 0.2) is 0 Å². The molecule has 2 aromatic carbocycles. The SMILES string of the molecule is C=CC(=O)Nc1cc(CON)ccc1Nc1cc(N(C)C(=O)Nc2cc(OC)cc(OC)c2Cl)ncn1. The van der Waals surface area contributed by atoms with E-state index in [2.05, 4.69) is 37.3 Å². The molecule has 0 fully saturated rings. The summed E-state index contributed by atoms with van der Waals surface area (Å²) in [5.74, 6) is 6.21. The Hall–Kier alpha value is -4.39. The quantitative estimate of drug-likeness (QED) is 0.225. The number of amides is 3. The van der Waals surface area contributed by atoms with Crippen molar-refractivity contribution in [1.82, 2.24) is 9.97 Å². The lowest BCUT2D eigenvalue weighted by atomic mass is 10.1. The highest BCUT2D eigenvalue weighted by molar-refractivity contribution is 6.35. The zero-order valence-corrected chi connectivity index (χ0v) is 21.1. The number of nitrogens with two attached hydrogens (primary N) is 1. The van der Waals surface area contributed by atoms with Gasteiger partial charge in [-0.2, -0.15) is 0 Å². The van der Waals surface area contributed by atoms with Crippen LogP contribution in [0.15, 0.2) is 55.4 Å². The highest BCUT2D eigenvalue weighted by atomic mass is 35.5. The molecule has 0 unspecified atom stereocenters. The smallest absolute Gasteiger partial charge is 0.327 e. The number of nitrogens with one attached hydrogen (secondary N) is 3. The number of hydrogen-bond acceptors (Lipinski definition) is 9. The summed E-state index contributed by atoms with van der Waals surface area (Å²) in [5, 5.41) is 8.76. The summed E-state index contributed by atoms with van der Waals surface area (Å²) >= 11 is 6.34. The Balaban J connectivity index is 1.82. The molecule has 3 aromatic rings. The van der Waals surface area contributed by atoms with Crippen LogP contribution in [0, 0.1) is 0 Å². The second-order valence-corrected chi connectivity index (χ2v) is 7.83. The van der Waals surface area contributed by atoms with E-state index in [1.807, 2.05) is 0 Å². The van der Waals surface area contributed by atoms with Crippen LogP contribution >= 0.6 is 11.6 Å². The predicted molar refractivity (Wildman–Crippen MR) is 142 cm³/mol. The number of urea groups is 1. The lowest BCUT2D eigenvalue weighted by Gasteiger charge is -2.19. The maximum Gasteiger partial charge on any atom is 0.327 e. The number of methoxy groups -OCH3 is 2. The Kier molecular flexibility index (Phi) is 9.21. The van der Waals surface area contributed by atoms with Crippen LogP contribution in [0.1, 0.15) is 5.56 Å². The van der Waals surface area contributed by atoms with E-state index in [-0.39, 0.29) is 17.4 Å². The molecule has 0 atom stereocenters. The Morgan fingerprint density at radius 3 is 2.54 bits per heavy atom. The fourth-order valence-corrected chi connectivity index (χ4v) is 3.38. The number of carbonyl (C=O) groups excluding carboxylic acids is 2. The van der Waals surface area contributed by atoms with Crippen LogP contribution in [0.2, 0.25) is 5.02 Å². The third kappa shape index (κ3) is 6.85. The van der Waals surface area contributed by atoms with Crippen LogP contribution in [-0.2, 0) is 16.2 Å². The molecular formula is C24H26ClN7O5. The first-order valence-electron chi connectivity index (χ1n) is 10.7. The molecule has 0 aliphatic rings. The van der Waals surface area contributed by atoms with E-state index in [0.29, 0.717) is 34.4 Å². The van der Waals surface area contributed by atoms with E-state index in [4.69, 9.17) is 27.0 Å². The first-order valence-corrected chi connectivity index (χ1v) is 11.1. The van der Waals surface area contributed by atoms with Gasteiger partial charge < -0.3 is 25.4 Å². The van der Waals surface area contributed by atoms with E-state index in [9.17, 15) is 9.59 Å². The number of halogens is 1. The van der Waals surface area contributed by atoms with Crippen LogP contribution in [0.4, 0.5) is 33.5 Å². The molecule has 0 aliphatic heterocycles. The molecule has 0 radical (unpaired) electrons. The van der Waals surface area contributed by atoms with E-state index < -0.39 is 11.9 Å². The minimum absolute atomic E-state index is 0.151. The molecule has 12 nitrogen and oxygen atoms in total. The zero-order chi connectivity index (χ0) is 26.9. The number of ether oxygens (including phenoxy) is 2. The van der Waals surface area contributed by atoms with Gasteiger partial charge in [-0.1, -0.05) is 24.2 Å². The van der Waals surface area contributed by atoms with Crippen molar-refractivity contribution >= 4 is 52.2 Å². The van der Waals surface area contributed by atoms with Crippen molar-refractivity contribution < 1.29 is 23.9 Å². The Morgan fingerprint density at radius 2 is 1.86 bits per heavy atom. The molecule has 1 heterocycles. The molecular weight excluding hydrogens is 502 g/mol. The second kappa shape index (κ2) is 12.5. The first-order chi connectivity index (χ1) is 17.8. The number of aromatic nitrogens is 2. The topological polar surface area (TPSA) is 153 Å². The minimum atomic E-state index is -0.521. The summed E-state index contributed by atoms with van der Waals surface area (Å²) in [4.78, 5) is 39.2. The van der Waals surface area contributed by atoms with Crippen molar-refractivity contribution in [2.24, 2.45) is 5.90 Å². The van der Waals surface area contributed by atoms with Gasteiger partial charge in [-0.3, -0.25) is 14.5 Å². The summed E-state index contributed by atoms with van der Waals surface area (Å²) in [6.45, 7) is 3.62. The Labute approximate surface area is 218 Å². The van der Waals surface area contributed by atoms with Gasteiger partial charge in [0.2, 0.25) is 5.91 Å². The predicted octanol–water partition coefficient (Wildman–Crippen LogP) is 4.07. The molecule has 1 aromatic heterocycles. The summed E-state index contributed by atoms with van der Waals surface area (Å²) in [6, 6.07) is 9.41. The lowest BCUT2D eigenvalue weighted by molar-refractivity contribution is -0.111. The number of carbonyl (C=O) groups is 2. The third-order valence-corrected chi connectivity index (χ3v) is 5.44. The molecule has 3 amide bonds. The molecule has 0 saturated heterocycles. The minimum Gasteiger partial charge on any atom is -0.497 e. The molecule has 3 rings (SSSR count). The van der Waals surface area contributed by atoms with Gasteiger partial charge in [0.25, 0.3) is 0 Å². The highest BCUT2D eigenvalue weighted by Gasteiger charge is 2.18. The number of anilines is 5. The summed E-state index contributed by atoms with van der Waals surface area (Å²) in [5.41, 5.74) is 2.02. The van der Waals surface area contributed by atoms with Crippen LogP contribution in [-0.4, -0.2) is 43.2 Å². The molecule has 5 N–H and O–H groups in total. The van der Waals surface area contributed by atoms with Gasteiger partial charge in [0.05, 0.1) is 37.9 Å². The standard InChI is InChI=1S/C24H26ClN7O5/c1-5-22(33)30-17-8-14(12-37-26)6-7-16(17)29-20-11-21(28-13-27-20)32(2)24(34)31-18-9-15(35-3)10-19(36-4)23(18)25/h5-11,13H,1,12,26H2,2-4H3,(H,30,33)(H,31,34)(H,27,28,29). The first kappa shape index (κ1) is 27.2. The molecule has 0 spiro atoms. The molecule has 13 heteroatoms. The van der Waals surface area contributed by atoms with Gasteiger partial charge in [0, 0.05) is 25.2 Å². The highest BCUT2D eigenvalue weighted by Crippen LogP contribution is 2.37. The van der Waals surface area contributed by atoms with Crippen molar-refractivity contribution in [3.05, 3.63) is 66.0 Å². The van der Waals surface area contributed by atoms with Crippen LogP contribution in [0.3, 0.4) is 0 Å². The molecule has 194 valence electrons. The third-order valence-electron chi connectivity index (χ3n) is 5.05. The Bertz CT molecular complexity index is 1300. The van der Waals surface area contributed by atoms with Crippen LogP contribution < -0.4 is 36.2 Å². The number of nitrogens with zero attached hydrogens (tertiary/aromatic N) is 3. The fourth-order valence-electron chi connectivity index (χ4n) is 3.14. The van der Waals surface area contributed by atoms with E-state index in [1.54, 1.807) is 36.4 Å². The average Bonchev–Trinajstić information content (AvgIpc) is 2.91. The van der Waals surface area contributed by atoms with Gasteiger partial charge >= 0.3 is 6.03 Å². The fraction of sp³-hybridized carbons (Fsp3) is 0.167. The number of hydrogen-bond donors (Lipinski definition) is 4. The normalized spacial score (nSPS) is 10.3. The Morgan fingerprint density at radius 1 is 1.08 bits per heavy atom. The maximum atomic E-state index is 13.0. The van der Waals surface area contributed by atoms with Gasteiger partial charge in [0.1, 0.15) is 34.5 Å². The van der Waals surface area contributed by atoms with Crippen molar-refractivity contribution in [3.8, 4) is 11.5 Å². The summed E-state index contributed by atoms with van der Waals surface area (Å²) in [7, 11) is 4.48. The van der Waals surface area contributed by atoms with E-state index >= 15 is 0 Å². The number of rotatable bonds is 10. The monoisotopic (exact) mass is 527 g/mol. The van der Waals surface area contributed by atoms with Crippen molar-refractivity contribution in [1.29, 1.82) is 0 Å². The average molecular weight is 528 g/mol. The van der Waals surface area contributed by atoms with Gasteiger partial charge in [-0.15, -0.1) is 0 Å².